The monoisotopic (exact) mass is 285 g/mol. The average molecular weight is 285 g/mol. The smallest absolute Gasteiger partial charge is 0.176 e. The first kappa shape index (κ1) is 16.9. The zero-order valence-corrected chi connectivity index (χ0v) is 12.6. The van der Waals surface area contributed by atoms with Crippen molar-refractivity contribution in [3.8, 4) is 5.75 Å². The maximum absolute atomic E-state index is 13.6. The molecule has 0 aliphatic heterocycles. The average Bonchev–Trinajstić information content (AvgIpc) is 2.44. The number of halogens is 1. The van der Waals surface area contributed by atoms with Crippen molar-refractivity contribution in [1.29, 1.82) is 0 Å². The quantitative estimate of drug-likeness (QED) is 0.708. The Kier molecular flexibility index (Phi) is 7.51. The second kappa shape index (κ2) is 8.89. The fourth-order valence-electron chi connectivity index (χ4n) is 2.09. The number of hydrogen-bond acceptors (Lipinski definition) is 4. The molecule has 1 aromatic carbocycles. The Morgan fingerprint density at radius 1 is 1.15 bits per heavy atom. The molecule has 0 fully saturated rings. The van der Waals surface area contributed by atoms with Crippen LogP contribution in [0, 0.1) is 5.82 Å². The zero-order chi connectivity index (χ0) is 15.0. The summed E-state index contributed by atoms with van der Waals surface area (Å²) in [5.74, 6) is 0.303. The molecule has 0 aliphatic carbocycles. The van der Waals surface area contributed by atoms with Crippen molar-refractivity contribution in [2.75, 3.05) is 26.9 Å². The van der Waals surface area contributed by atoms with Crippen LogP contribution in [0.3, 0.4) is 0 Å². The fraction of sp³-hybridized carbons (Fsp3) is 0.600. The molecule has 20 heavy (non-hydrogen) atoms. The van der Waals surface area contributed by atoms with Gasteiger partial charge in [0, 0.05) is 18.8 Å². The Bertz CT molecular complexity index is 395. The summed E-state index contributed by atoms with van der Waals surface area (Å²) in [5, 5.41) is 3.27. The third-order valence-electron chi connectivity index (χ3n) is 2.88. The highest BCUT2D eigenvalue weighted by atomic mass is 19.1. The van der Waals surface area contributed by atoms with Gasteiger partial charge in [-0.25, -0.2) is 4.39 Å². The summed E-state index contributed by atoms with van der Waals surface area (Å²) in [6.07, 6.45) is -0.486. The second-order valence-corrected chi connectivity index (χ2v) is 4.20. The topological polar surface area (TPSA) is 39.7 Å². The lowest BCUT2D eigenvalue weighted by Gasteiger charge is -2.28. The first-order chi connectivity index (χ1) is 9.67. The lowest BCUT2D eigenvalue weighted by Crippen LogP contribution is -2.36. The molecule has 0 heterocycles. The molecule has 0 spiro atoms. The van der Waals surface area contributed by atoms with Crippen LogP contribution >= 0.6 is 0 Å². The number of ether oxygens (including phenoxy) is 3. The van der Waals surface area contributed by atoms with Crippen molar-refractivity contribution < 1.29 is 18.6 Å². The van der Waals surface area contributed by atoms with E-state index >= 15 is 0 Å². The summed E-state index contributed by atoms with van der Waals surface area (Å²) in [6.45, 7) is 7.53. The summed E-state index contributed by atoms with van der Waals surface area (Å²) < 4.78 is 30.1. The van der Waals surface area contributed by atoms with Gasteiger partial charge in [0.05, 0.1) is 13.2 Å². The minimum atomic E-state index is -0.486. The molecule has 0 aliphatic rings. The van der Waals surface area contributed by atoms with E-state index in [-0.39, 0.29) is 11.9 Å². The lowest BCUT2D eigenvalue weighted by molar-refractivity contribution is -0.155. The van der Waals surface area contributed by atoms with Crippen LogP contribution in [0.4, 0.5) is 4.39 Å². The van der Waals surface area contributed by atoms with Gasteiger partial charge in [-0.05, 0) is 38.6 Å². The molecule has 0 saturated carbocycles. The Balaban J connectivity index is 3.12. The molecule has 1 N–H and O–H groups in total. The maximum atomic E-state index is 13.6. The van der Waals surface area contributed by atoms with Crippen LogP contribution in [-0.2, 0) is 9.47 Å². The van der Waals surface area contributed by atoms with Gasteiger partial charge in [-0.1, -0.05) is 6.92 Å². The molecule has 1 aromatic rings. The number of hydrogen-bond donors (Lipinski definition) is 1. The van der Waals surface area contributed by atoms with Gasteiger partial charge >= 0.3 is 0 Å². The largest absolute Gasteiger partial charge is 0.496 e. The lowest BCUT2D eigenvalue weighted by atomic mass is 10.0. The molecule has 0 saturated heterocycles. The van der Waals surface area contributed by atoms with E-state index in [1.54, 1.807) is 13.2 Å². The van der Waals surface area contributed by atoms with Crippen LogP contribution in [-0.4, -0.2) is 33.2 Å². The van der Waals surface area contributed by atoms with Crippen LogP contribution in [0.5, 0.6) is 5.75 Å². The SMILES string of the molecule is CCNC(c1cc(F)ccc1OC)C(OCC)OCC. The first-order valence-electron chi connectivity index (χ1n) is 6.97. The molecule has 0 bridgehead atoms. The van der Waals surface area contributed by atoms with Crippen LogP contribution in [0.15, 0.2) is 18.2 Å². The van der Waals surface area contributed by atoms with Gasteiger partial charge in [-0.15, -0.1) is 0 Å². The van der Waals surface area contributed by atoms with E-state index in [1.807, 2.05) is 20.8 Å². The van der Waals surface area contributed by atoms with E-state index in [0.717, 1.165) is 0 Å². The van der Waals surface area contributed by atoms with Gasteiger partial charge in [-0.2, -0.15) is 0 Å². The van der Waals surface area contributed by atoms with Crippen molar-refractivity contribution in [3.05, 3.63) is 29.6 Å². The molecule has 1 atom stereocenters. The number of likely N-dealkylation sites (N-methyl/N-ethyl adjacent to an activating group) is 1. The summed E-state index contributed by atoms with van der Waals surface area (Å²) >= 11 is 0. The third-order valence-corrected chi connectivity index (χ3v) is 2.88. The molecule has 5 heteroatoms. The van der Waals surface area contributed by atoms with Crippen LogP contribution in [0.2, 0.25) is 0 Å². The Morgan fingerprint density at radius 3 is 2.30 bits per heavy atom. The summed E-state index contributed by atoms with van der Waals surface area (Å²) in [6, 6.07) is 4.16. The highest BCUT2D eigenvalue weighted by Crippen LogP contribution is 2.30. The van der Waals surface area contributed by atoms with Crippen molar-refractivity contribution in [2.24, 2.45) is 0 Å². The van der Waals surface area contributed by atoms with Gasteiger partial charge < -0.3 is 19.5 Å². The molecule has 1 unspecified atom stereocenters. The van der Waals surface area contributed by atoms with E-state index in [9.17, 15) is 4.39 Å². The fourth-order valence-corrected chi connectivity index (χ4v) is 2.09. The number of rotatable bonds is 9. The molecule has 0 radical (unpaired) electrons. The molecular formula is C15H24FNO3. The summed E-state index contributed by atoms with van der Waals surface area (Å²) in [5.41, 5.74) is 0.696. The van der Waals surface area contributed by atoms with Crippen molar-refractivity contribution >= 4 is 0 Å². The van der Waals surface area contributed by atoms with Gasteiger partial charge in [-0.3, -0.25) is 0 Å². The molecule has 0 amide bonds. The Morgan fingerprint density at radius 2 is 1.80 bits per heavy atom. The minimum absolute atomic E-state index is 0.287. The number of methoxy groups -OCH3 is 1. The molecule has 0 aromatic heterocycles. The molecule has 1 rings (SSSR count). The minimum Gasteiger partial charge on any atom is -0.496 e. The van der Waals surface area contributed by atoms with E-state index in [1.165, 1.54) is 12.1 Å². The van der Waals surface area contributed by atoms with Crippen LogP contribution in [0.25, 0.3) is 0 Å². The molecule has 4 nitrogen and oxygen atoms in total. The molecular weight excluding hydrogens is 261 g/mol. The van der Waals surface area contributed by atoms with Crippen LogP contribution in [0.1, 0.15) is 32.4 Å². The van der Waals surface area contributed by atoms with Crippen molar-refractivity contribution in [1.82, 2.24) is 5.32 Å². The second-order valence-electron chi connectivity index (χ2n) is 4.20. The van der Waals surface area contributed by atoms with Crippen molar-refractivity contribution in [3.63, 3.8) is 0 Å². The van der Waals surface area contributed by atoms with E-state index in [4.69, 9.17) is 14.2 Å². The number of nitrogens with one attached hydrogen (secondary N) is 1. The van der Waals surface area contributed by atoms with E-state index in [2.05, 4.69) is 5.32 Å². The Labute approximate surface area is 120 Å². The zero-order valence-electron chi connectivity index (χ0n) is 12.6. The number of benzene rings is 1. The third kappa shape index (κ3) is 4.44. The standard InChI is InChI=1S/C15H24FNO3/c1-5-17-14(15(19-6-2)20-7-3)12-10-11(16)8-9-13(12)18-4/h8-10,14-15,17H,5-7H2,1-4H3. The maximum Gasteiger partial charge on any atom is 0.176 e. The van der Waals surface area contributed by atoms with Gasteiger partial charge in [0.15, 0.2) is 6.29 Å². The summed E-state index contributed by atoms with van der Waals surface area (Å²) in [7, 11) is 1.57. The van der Waals surface area contributed by atoms with E-state index in [0.29, 0.717) is 31.1 Å². The molecule has 114 valence electrons. The van der Waals surface area contributed by atoms with Gasteiger partial charge in [0.1, 0.15) is 11.6 Å². The van der Waals surface area contributed by atoms with Gasteiger partial charge in [0.2, 0.25) is 0 Å². The predicted molar refractivity (Wildman–Crippen MR) is 76.4 cm³/mol. The van der Waals surface area contributed by atoms with Crippen molar-refractivity contribution in [2.45, 2.75) is 33.1 Å². The normalized spacial score (nSPS) is 12.7. The Hall–Kier alpha value is -1.17. The summed E-state index contributed by atoms with van der Waals surface area (Å²) in [4.78, 5) is 0. The highest BCUT2D eigenvalue weighted by Gasteiger charge is 2.26. The van der Waals surface area contributed by atoms with Crippen LogP contribution < -0.4 is 10.1 Å². The highest BCUT2D eigenvalue weighted by molar-refractivity contribution is 5.37. The predicted octanol–water partition coefficient (Wildman–Crippen LogP) is 2.88. The van der Waals surface area contributed by atoms with Gasteiger partial charge in [0.25, 0.3) is 0 Å². The van der Waals surface area contributed by atoms with E-state index < -0.39 is 6.29 Å². The first-order valence-corrected chi connectivity index (χ1v) is 6.97.